The van der Waals surface area contributed by atoms with Crippen molar-refractivity contribution in [3.63, 3.8) is 0 Å². The predicted molar refractivity (Wildman–Crippen MR) is 59.4 cm³/mol. The highest BCUT2D eigenvalue weighted by Crippen LogP contribution is 1.85. The average Bonchev–Trinajstić information content (AvgIpc) is 2.23. The van der Waals surface area contributed by atoms with E-state index in [1.54, 1.807) is 0 Å². The molecule has 0 radical (unpaired) electrons. The standard InChI is InChI=1S/C10H20N2O4/c1-3-6-16-7-4-5-11-10(15)12-8(2)9(13)14/h8H,3-7H2,1-2H3,(H,13,14)(H2,11,12,15)/t8-/m1/s1. The van der Waals surface area contributed by atoms with Gasteiger partial charge in [-0.15, -0.1) is 0 Å². The second-order valence-electron chi connectivity index (χ2n) is 3.43. The molecule has 3 N–H and O–H groups in total. The maximum absolute atomic E-state index is 11.1. The molecule has 0 aliphatic heterocycles. The topological polar surface area (TPSA) is 87.7 Å². The number of carbonyl (C=O) groups excluding carboxylic acids is 1. The third-order valence-corrected chi connectivity index (χ3v) is 1.82. The van der Waals surface area contributed by atoms with Gasteiger partial charge < -0.3 is 20.5 Å². The van der Waals surface area contributed by atoms with Gasteiger partial charge in [-0.05, 0) is 19.8 Å². The van der Waals surface area contributed by atoms with Crippen LogP contribution in [0, 0.1) is 0 Å². The van der Waals surface area contributed by atoms with Gasteiger partial charge in [-0.25, -0.2) is 4.79 Å². The Bertz CT molecular complexity index is 221. The molecule has 0 aromatic rings. The van der Waals surface area contributed by atoms with Crippen molar-refractivity contribution < 1.29 is 19.4 Å². The number of amides is 2. The number of hydrogen-bond donors (Lipinski definition) is 3. The zero-order chi connectivity index (χ0) is 12.4. The molecule has 0 spiro atoms. The van der Waals surface area contributed by atoms with Crippen molar-refractivity contribution in [2.24, 2.45) is 0 Å². The first-order valence-corrected chi connectivity index (χ1v) is 5.42. The summed E-state index contributed by atoms with van der Waals surface area (Å²) >= 11 is 0. The molecule has 0 aliphatic rings. The van der Waals surface area contributed by atoms with Gasteiger partial charge in [0.25, 0.3) is 0 Å². The summed E-state index contributed by atoms with van der Waals surface area (Å²) in [5, 5.41) is 13.4. The van der Waals surface area contributed by atoms with E-state index in [1.165, 1.54) is 6.92 Å². The maximum Gasteiger partial charge on any atom is 0.325 e. The molecule has 2 amide bonds. The molecule has 16 heavy (non-hydrogen) atoms. The van der Waals surface area contributed by atoms with Crippen molar-refractivity contribution in [1.29, 1.82) is 0 Å². The van der Waals surface area contributed by atoms with Gasteiger partial charge in [-0.2, -0.15) is 0 Å². The molecule has 94 valence electrons. The Morgan fingerprint density at radius 3 is 2.62 bits per heavy atom. The van der Waals surface area contributed by atoms with Crippen LogP contribution in [0.5, 0.6) is 0 Å². The SMILES string of the molecule is CCCOCCCNC(=O)N[C@H](C)C(=O)O. The van der Waals surface area contributed by atoms with Gasteiger partial charge in [0.1, 0.15) is 6.04 Å². The minimum Gasteiger partial charge on any atom is -0.480 e. The lowest BCUT2D eigenvalue weighted by Crippen LogP contribution is -2.44. The molecule has 0 saturated heterocycles. The third kappa shape index (κ3) is 8.05. The van der Waals surface area contributed by atoms with Crippen LogP contribution in [0.1, 0.15) is 26.7 Å². The number of carbonyl (C=O) groups is 2. The molecular formula is C10H20N2O4. The zero-order valence-electron chi connectivity index (χ0n) is 9.78. The van der Waals surface area contributed by atoms with Crippen LogP contribution in [0.3, 0.4) is 0 Å². The van der Waals surface area contributed by atoms with Crippen LogP contribution < -0.4 is 10.6 Å². The number of rotatable bonds is 8. The Balaban J connectivity index is 3.40. The third-order valence-electron chi connectivity index (χ3n) is 1.82. The van der Waals surface area contributed by atoms with Gasteiger partial charge in [0.05, 0.1) is 0 Å². The summed E-state index contributed by atoms with van der Waals surface area (Å²) in [6.45, 7) is 5.23. The molecule has 0 saturated carbocycles. The molecule has 1 atom stereocenters. The zero-order valence-corrected chi connectivity index (χ0v) is 9.78. The number of carboxylic acid groups (broad SMARTS) is 1. The normalized spacial score (nSPS) is 11.9. The first-order chi connectivity index (χ1) is 7.57. The molecule has 6 nitrogen and oxygen atoms in total. The van der Waals surface area contributed by atoms with E-state index in [9.17, 15) is 9.59 Å². The van der Waals surface area contributed by atoms with Crippen LogP contribution in [-0.2, 0) is 9.53 Å². The summed E-state index contributed by atoms with van der Waals surface area (Å²) in [5.41, 5.74) is 0. The monoisotopic (exact) mass is 232 g/mol. The summed E-state index contributed by atoms with van der Waals surface area (Å²) < 4.78 is 5.22. The molecule has 0 aliphatic carbocycles. The van der Waals surface area contributed by atoms with E-state index in [0.29, 0.717) is 13.2 Å². The maximum atomic E-state index is 11.1. The van der Waals surface area contributed by atoms with Crippen LogP contribution in [0.15, 0.2) is 0 Å². The Labute approximate surface area is 95.4 Å². The molecule has 0 fully saturated rings. The van der Waals surface area contributed by atoms with E-state index in [-0.39, 0.29) is 0 Å². The van der Waals surface area contributed by atoms with Gasteiger partial charge >= 0.3 is 12.0 Å². The number of hydrogen-bond acceptors (Lipinski definition) is 3. The van der Waals surface area contributed by atoms with Gasteiger partial charge in [0.2, 0.25) is 0 Å². The highest BCUT2D eigenvalue weighted by Gasteiger charge is 2.12. The van der Waals surface area contributed by atoms with Gasteiger partial charge in [0, 0.05) is 19.8 Å². The van der Waals surface area contributed by atoms with Crippen LogP contribution in [0.4, 0.5) is 4.79 Å². The van der Waals surface area contributed by atoms with Gasteiger partial charge in [0.15, 0.2) is 0 Å². The molecule has 0 rings (SSSR count). The fourth-order valence-electron chi connectivity index (χ4n) is 0.932. The van der Waals surface area contributed by atoms with Crippen LogP contribution in [0.25, 0.3) is 0 Å². The van der Waals surface area contributed by atoms with E-state index in [2.05, 4.69) is 10.6 Å². The van der Waals surface area contributed by atoms with Gasteiger partial charge in [-0.1, -0.05) is 6.92 Å². The lowest BCUT2D eigenvalue weighted by atomic mass is 10.3. The minimum absolute atomic E-state index is 0.467. The van der Waals surface area contributed by atoms with Crippen molar-refractivity contribution >= 4 is 12.0 Å². The van der Waals surface area contributed by atoms with Crippen molar-refractivity contribution in [2.45, 2.75) is 32.7 Å². The highest BCUT2D eigenvalue weighted by molar-refractivity contribution is 5.82. The number of urea groups is 1. The Hall–Kier alpha value is -1.30. The van der Waals surface area contributed by atoms with Crippen LogP contribution >= 0.6 is 0 Å². The van der Waals surface area contributed by atoms with Crippen LogP contribution in [0.2, 0.25) is 0 Å². The largest absolute Gasteiger partial charge is 0.480 e. The average molecular weight is 232 g/mol. The first kappa shape index (κ1) is 14.7. The Morgan fingerprint density at radius 1 is 1.38 bits per heavy atom. The second kappa shape index (κ2) is 8.96. The minimum atomic E-state index is -1.05. The number of carboxylic acids is 1. The summed E-state index contributed by atoms with van der Waals surface area (Å²) in [5.74, 6) is -1.05. The lowest BCUT2D eigenvalue weighted by Gasteiger charge is -2.10. The van der Waals surface area contributed by atoms with Crippen molar-refractivity contribution in [2.75, 3.05) is 19.8 Å². The summed E-state index contributed by atoms with van der Waals surface area (Å²) in [7, 11) is 0. The van der Waals surface area contributed by atoms with E-state index < -0.39 is 18.0 Å². The van der Waals surface area contributed by atoms with E-state index >= 15 is 0 Å². The second-order valence-corrected chi connectivity index (χ2v) is 3.43. The van der Waals surface area contributed by atoms with E-state index in [4.69, 9.17) is 9.84 Å². The first-order valence-electron chi connectivity index (χ1n) is 5.42. The molecule has 0 aromatic carbocycles. The Kier molecular flexibility index (Phi) is 8.24. The predicted octanol–water partition coefficient (Wildman–Crippen LogP) is 0.575. The molecule has 0 bridgehead atoms. The summed E-state index contributed by atoms with van der Waals surface area (Å²) in [6.07, 6.45) is 1.69. The van der Waals surface area contributed by atoms with Crippen molar-refractivity contribution in [3.05, 3.63) is 0 Å². The van der Waals surface area contributed by atoms with E-state index in [0.717, 1.165) is 19.4 Å². The molecular weight excluding hydrogens is 212 g/mol. The molecule has 0 heterocycles. The number of ether oxygens (including phenoxy) is 1. The molecule has 0 aromatic heterocycles. The smallest absolute Gasteiger partial charge is 0.325 e. The molecule has 6 heteroatoms. The summed E-state index contributed by atoms with van der Waals surface area (Å²) in [6, 6.07) is -1.35. The Morgan fingerprint density at radius 2 is 2.06 bits per heavy atom. The van der Waals surface area contributed by atoms with Crippen molar-refractivity contribution in [3.8, 4) is 0 Å². The fourth-order valence-corrected chi connectivity index (χ4v) is 0.932. The molecule has 0 unspecified atom stereocenters. The fraction of sp³-hybridized carbons (Fsp3) is 0.800. The van der Waals surface area contributed by atoms with Gasteiger partial charge in [-0.3, -0.25) is 4.79 Å². The highest BCUT2D eigenvalue weighted by atomic mass is 16.5. The summed E-state index contributed by atoms with van der Waals surface area (Å²) in [4.78, 5) is 21.5. The lowest BCUT2D eigenvalue weighted by molar-refractivity contribution is -0.138. The van der Waals surface area contributed by atoms with Crippen LogP contribution in [-0.4, -0.2) is 42.9 Å². The van der Waals surface area contributed by atoms with Crippen molar-refractivity contribution in [1.82, 2.24) is 10.6 Å². The quantitative estimate of drug-likeness (QED) is 0.534. The number of nitrogens with one attached hydrogen (secondary N) is 2. The van der Waals surface area contributed by atoms with E-state index in [1.807, 2.05) is 6.92 Å². The number of aliphatic carboxylic acids is 1.